The smallest absolute Gasteiger partial charge is 0.0541 e. The van der Waals surface area contributed by atoms with E-state index in [0.717, 1.165) is 17.8 Å². The van der Waals surface area contributed by atoms with Crippen LogP contribution in [-0.4, -0.2) is 4.57 Å². The second-order valence-electron chi connectivity index (χ2n) is 17.6. The van der Waals surface area contributed by atoms with Gasteiger partial charge in [-0.15, -0.1) is 0 Å². The van der Waals surface area contributed by atoms with Gasteiger partial charge in [0.1, 0.15) is 0 Å². The van der Waals surface area contributed by atoms with E-state index in [1.54, 1.807) is 5.56 Å². The van der Waals surface area contributed by atoms with Crippen LogP contribution in [0.3, 0.4) is 0 Å². The predicted molar refractivity (Wildman–Crippen MR) is 244 cm³/mol. The molecule has 4 bridgehead atoms. The van der Waals surface area contributed by atoms with Crippen LogP contribution in [0.4, 0.5) is 17.1 Å². The molecule has 280 valence electrons. The summed E-state index contributed by atoms with van der Waals surface area (Å²) in [6, 6.07) is 70.0. The molecule has 0 saturated heterocycles. The normalized spacial score (nSPS) is 20.9. The summed E-state index contributed by atoms with van der Waals surface area (Å²) in [5, 5.41) is 5.12. The molecule has 0 amide bonds. The molecule has 4 aliphatic carbocycles. The highest BCUT2D eigenvalue weighted by Gasteiger charge is 2.52. The minimum atomic E-state index is 0.283. The number of rotatable bonds is 7. The quantitative estimate of drug-likeness (QED) is 0.158. The van der Waals surface area contributed by atoms with E-state index in [1.165, 1.54) is 116 Å². The molecule has 0 spiro atoms. The van der Waals surface area contributed by atoms with Crippen molar-refractivity contribution in [2.24, 2.45) is 17.8 Å². The second kappa shape index (κ2) is 13.4. The molecular weight excluding hydrogens is 701 g/mol. The van der Waals surface area contributed by atoms with Gasteiger partial charge < -0.3 is 9.47 Å². The van der Waals surface area contributed by atoms with Crippen molar-refractivity contribution >= 4 is 49.6 Å². The second-order valence-corrected chi connectivity index (χ2v) is 17.6. The number of nitrogens with zero attached hydrogens (tertiary/aromatic N) is 2. The lowest BCUT2D eigenvalue weighted by Gasteiger charge is -2.57. The monoisotopic (exact) mass is 746 g/mol. The molecular formula is C56H46N2. The Balaban J connectivity index is 0.893. The Bertz CT molecular complexity index is 2900. The molecule has 4 saturated carbocycles. The zero-order valence-electron chi connectivity index (χ0n) is 32.8. The highest BCUT2D eigenvalue weighted by Crippen LogP contribution is 2.62. The topological polar surface area (TPSA) is 8.17 Å². The fourth-order valence-corrected chi connectivity index (χ4v) is 12.0. The molecule has 0 atom stereocenters. The van der Waals surface area contributed by atoms with Gasteiger partial charge in [0.2, 0.25) is 0 Å². The first-order chi connectivity index (χ1) is 28.7. The molecule has 4 fully saturated rings. The van der Waals surface area contributed by atoms with Crippen LogP contribution in [0.5, 0.6) is 0 Å². The standard InChI is InChI=1S/C56H46N2/c1-2-11-45-34-49(29-26-41(45)10-1)57(55-19-8-5-16-52(55)56-35-38-30-39(36-56)32-40(31-38)37-56)47-27-24-43(25-28-47)42-20-22-44(23-21-42)46-12-9-13-48(33-46)58-53-17-6-3-14-50(53)51-15-4-7-18-54(51)58/h1-29,33-34,38-40H,30-32,35-37H2. The predicted octanol–water partition coefficient (Wildman–Crippen LogP) is 15.2. The van der Waals surface area contributed by atoms with Gasteiger partial charge in [0.25, 0.3) is 0 Å². The van der Waals surface area contributed by atoms with E-state index in [1.807, 2.05) is 0 Å². The molecule has 1 aromatic heterocycles. The lowest BCUT2D eigenvalue weighted by molar-refractivity contribution is -0.00491. The van der Waals surface area contributed by atoms with E-state index in [0.29, 0.717) is 0 Å². The van der Waals surface area contributed by atoms with Crippen molar-refractivity contribution in [2.75, 3.05) is 4.90 Å². The van der Waals surface area contributed by atoms with Crippen molar-refractivity contribution in [3.63, 3.8) is 0 Å². The van der Waals surface area contributed by atoms with E-state index >= 15 is 0 Å². The molecule has 0 radical (unpaired) electrons. The lowest BCUT2D eigenvalue weighted by Crippen LogP contribution is -2.48. The molecule has 8 aromatic carbocycles. The largest absolute Gasteiger partial charge is 0.310 e. The van der Waals surface area contributed by atoms with Crippen LogP contribution in [0.15, 0.2) is 188 Å². The summed E-state index contributed by atoms with van der Waals surface area (Å²) in [5.74, 6) is 2.68. The zero-order chi connectivity index (χ0) is 38.2. The Morgan fingerprint density at radius 1 is 0.414 bits per heavy atom. The van der Waals surface area contributed by atoms with Gasteiger partial charge in [-0.1, -0.05) is 133 Å². The van der Waals surface area contributed by atoms with Crippen LogP contribution >= 0.6 is 0 Å². The number of aromatic nitrogens is 1. The van der Waals surface area contributed by atoms with E-state index in [4.69, 9.17) is 0 Å². The molecule has 2 nitrogen and oxygen atoms in total. The first kappa shape index (κ1) is 33.7. The maximum atomic E-state index is 2.55. The van der Waals surface area contributed by atoms with Crippen molar-refractivity contribution in [1.29, 1.82) is 0 Å². The van der Waals surface area contributed by atoms with Gasteiger partial charge in [0, 0.05) is 33.5 Å². The number of hydrogen-bond donors (Lipinski definition) is 0. The minimum Gasteiger partial charge on any atom is -0.310 e. The first-order valence-corrected chi connectivity index (χ1v) is 21.3. The van der Waals surface area contributed by atoms with Crippen molar-refractivity contribution in [1.82, 2.24) is 4.57 Å². The number of para-hydroxylation sites is 3. The van der Waals surface area contributed by atoms with E-state index in [9.17, 15) is 0 Å². The van der Waals surface area contributed by atoms with Gasteiger partial charge in [-0.3, -0.25) is 0 Å². The van der Waals surface area contributed by atoms with Crippen LogP contribution in [0.25, 0.3) is 60.5 Å². The Kier molecular flexibility index (Phi) is 7.76. The highest BCUT2D eigenvalue weighted by atomic mass is 15.1. The van der Waals surface area contributed by atoms with Gasteiger partial charge in [-0.2, -0.15) is 0 Å². The maximum Gasteiger partial charge on any atom is 0.0541 e. The molecule has 9 aromatic rings. The van der Waals surface area contributed by atoms with Crippen LogP contribution in [0.1, 0.15) is 44.1 Å². The molecule has 4 aliphatic rings. The first-order valence-electron chi connectivity index (χ1n) is 21.3. The number of fused-ring (bicyclic) bond motifs is 4. The molecule has 13 rings (SSSR count). The third-order valence-electron chi connectivity index (χ3n) is 14.1. The Hall–Kier alpha value is -6.38. The van der Waals surface area contributed by atoms with Gasteiger partial charge in [0.15, 0.2) is 0 Å². The van der Waals surface area contributed by atoms with Crippen LogP contribution in [0.2, 0.25) is 0 Å². The van der Waals surface area contributed by atoms with Crippen molar-refractivity contribution < 1.29 is 0 Å². The SMILES string of the molecule is c1cc(-c2ccc(-c3ccc(N(c4ccc5ccccc5c4)c4ccccc4C45CC6CC(CC(C6)C4)C5)cc3)cc2)cc(-n2c3ccccc3c3ccccc32)c1. The van der Waals surface area contributed by atoms with Crippen molar-refractivity contribution in [3.05, 3.63) is 194 Å². The van der Waals surface area contributed by atoms with Gasteiger partial charge in [0.05, 0.1) is 11.0 Å². The van der Waals surface area contributed by atoms with Crippen LogP contribution < -0.4 is 4.90 Å². The van der Waals surface area contributed by atoms with Gasteiger partial charge >= 0.3 is 0 Å². The fourth-order valence-electron chi connectivity index (χ4n) is 12.0. The summed E-state index contributed by atoms with van der Waals surface area (Å²) < 4.78 is 2.40. The Labute approximate surface area is 341 Å². The molecule has 0 unspecified atom stereocenters. The van der Waals surface area contributed by atoms with Crippen molar-refractivity contribution in [2.45, 2.75) is 43.9 Å². The molecule has 58 heavy (non-hydrogen) atoms. The van der Waals surface area contributed by atoms with Crippen LogP contribution in [0, 0.1) is 17.8 Å². The van der Waals surface area contributed by atoms with Gasteiger partial charge in [-0.05, 0) is 155 Å². The van der Waals surface area contributed by atoms with Crippen LogP contribution in [-0.2, 0) is 5.41 Å². The lowest BCUT2D eigenvalue weighted by atomic mass is 9.48. The van der Waals surface area contributed by atoms with Crippen molar-refractivity contribution in [3.8, 4) is 27.9 Å². The average molecular weight is 747 g/mol. The summed E-state index contributed by atoms with van der Waals surface area (Å²) in [7, 11) is 0. The third kappa shape index (κ3) is 5.53. The highest BCUT2D eigenvalue weighted by molar-refractivity contribution is 6.09. The number of benzene rings is 8. The fraction of sp³-hybridized carbons (Fsp3) is 0.179. The summed E-state index contributed by atoms with van der Waals surface area (Å²) >= 11 is 0. The minimum absolute atomic E-state index is 0.283. The summed E-state index contributed by atoms with van der Waals surface area (Å²) in [4.78, 5) is 2.55. The van der Waals surface area contributed by atoms with E-state index < -0.39 is 0 Å². The number of hydrogen-bond acceptors (Lipinski definition) is 1. The number of anilines is 3. The third-order valence-corrected chi connectivity index (χ3v) is 14.1. The van der Waals surface area contributed by atoms with E-state index in [-0.39, 0.29) is 5.41 Å². The van der Waals surface area contributed by atoms with E-state index in [2.05, 4.69) is 198 Å². The summed E-state index contributed by atoms with van der Waals surface area (Å²) in [5.41, 5.74) is 14.1. The molecule has 0 aliphatic heterocycles. The molecule has 0 N–H and O–H groups in total. The zero-order valence-corrected chi connectivity index (χ0v) is 32.8. The summed E-state index contributed by atoms with van der Waals surface area (Å²) in [6.07, 6.45) is 8.40. The maximum absolute atomic E-state index is 2.55. The summed E-state index contributed by atoms with van der Waals surface area (Å²) in [6.45, 7) is 0. The molecule has 2 heteroatoms. The van der Waals surface area contributed by atoms with Gasteiger partial charge in [-0.25, -0.2) is 0 Å². The average Bonchev–Trinajstić information content (AvgIpc) is 3.61. The Morgan fingerprint density at radius 3 is 1.62 bits per heavy atom. The molecule has 1 heterocycles. The Morgan fingerprint density at radius 2 is 0.948 bits per heavy atom.